The Balaban J connectivity index is 1.72. The summed E-state index contributed by atoms with van der Waals surface area (Å²) in [5, 5.41) is 9.34. The van der Waals surface area contributed by atoms with Gasteiger partial charge < -0.3 is 19.0 Å². The van der Waals surface area contributed by atoms with Crippen LogP contribution in [-0.4, -0.2) is 23.5 Å². The molecular weight excluding hydrogens is 330 g/mol. The van der Waals surface area contributed by atoms with Crippen LogP contribution in [-0.2, 0) is 0 Å². The Morgan fingerprint density at radius 3 is 2.19 bits per heavy atom. The molecule has 0 amide bonds. The summed E-state index contributed by atoms with van der Waals surface area (Å²) in [5.74, 6) is 3.40. The standard InChI is InChI=1S/C21H21NO4/c1-13(23)25-18-11-7-15(8-12-18)20-19(22-21(26-20)16-3-4-16)14-5-9-17(24-2)10-6-14/h5-13,16,23H,3-4H2,1-2H3. The molecule has 0 saturated heterocycles. The highest BCUT2D eigenvalue weighted by atomic mass is 16.6. The predicted molar refractivity (Wildman–Crippen MR) is 98.2 cm³/mol. The van der Waals surface area contributed by atoms with Gasteiger partial charge in [0.1, 0.15) is 17.2 Å². The van der Waals surface area contributed by atoms with Crippen molar-refractivity contribution in [3.63, 3.8) is 0 Å². The summed E-state index contributed by atoms with van der Waals surface area (Å²) in [6, 6.07) is 15.3. The second-order valence-electron chi connectivity index (χ2n) is 6.47. The second kappa shape index (κ2) is 6.84. The van der Waals surface area contributed by atoms with Gasteiger partial charge >= 0.3 is 0 Å². The first-order valence-corrected chi connectivity index (χ1v) is 8.74. The lowest BCUT2D eigenvalue weighted by atomic mass is 10.1. The first-order chi connectivity index (χ1) is 12.6. The van der Waals surface area contributed by atoms with Crippen LogP contribution in [0.5, 0.6) is 11.5 Å². The number of nitrogens with zero attached hydrogens (tertiary/aromatic N) is 1. The van der Waals surface area contributed by atoms with Crippen molar-refractivity contribution in [1.29, 1.82) is 0 Å². The fourth-order valence-electron chi connectivity index (χ4n) is 2.86. The Morgan fingerprint density at radius 1 is 1.00 bits per heavy atom. The van der Waals surface area contributed by atoms with Crippen molar-refractivity contribution in [2.75, 3.05) is 7.11 Å². The summed E-state index contributed by atoms with van der Waals surface area (Å²) in [7, 11) is 1.65. The molecule has 0 bridgehead atoms. The minimum absolute atomic E-state index is 0.429. The number of ether oxygens (including phenoxy) is 2. The maximum Gasteiger partial charge on any atom is 0.198 e. The van der Waals surface area contributed by atoms with Gasteiger partial charge in [0.05, 0.1) is 7.11 Å². The SMILES string of the molecule is COc1ccc(-c2nc(C3CC3)oc2-c2ccc(OC(C)O)cc2)cc1. The molecule has 134 valence electrons. The van der Waals surface area contributed by atoms with E-state index in [0.717, 1.165) is 47.1 Å². The van der Waals surface area contributed by atoms with Crippen molar-refractivity contribution < 1.29 is 19.0 Å². The van der Waals surface area contributed by atoms with E-state index in [4.69, 9.17) is 18.9 Å². The molecule has 1 saturated carbocycles. The van der Waals surface area contributed by atoms with E-state index in [1.165, 1.54) is 0 Å². The summed E-state index contributed by atoms with van der Waals surface area (Å²) in [4.78, 5) is 4.77. The molecule has 4 rings (SSSR count). The van der Waals surface area contributed by atoms with Gasteiger partial charge in [-0.15, -0.1) is 0 Å². The van der Waals surface area contributed by atoms with Crippen LogP contribution in [0, 0.1) is 0 Å². The maximum absolute atomic E-state index is 9.34. The van der Waals surface area contributed by atoms with Crippen LogP contribution in [0.1, 0.15) is 31.6 Å². The van der Waals surface area contributed by atoms with Crippen LogP contribution in [0.25, 0.3) is 22.6 Å². The minimum atomic E-state index is -0.845. The van der Waals surface area contributed by atoms with Crippen molar-refractivity contribution in [1.82, 2.24) is 4.98 Å². The van der Waals surface area contributed by atoms with E-state index in [0.29, 0.717) is 11.7 Å². The third kappa shape index (κ3) is 3.44. The molecule has 5 nitrogen and oxygen atoms in total. The Hall–Kier alpha value is -2.79. The van der Waals surface area contributed by atoms with E-state index < -0.39 is 6.29 Å². The van der Waals surface area contributed by atoms with Crippen LogP contribution in [0.4, 0.5) is 0 Å². The van der Waals surface area contributed by atoms with Crippen LogP contribution in [0.2, 0.25) is 0 Å². The normalized spacial score (nSPS) is 14.9. The van der Waals surface area contributed by atoms with Crippen molar-refractivity contribution in [2.24, 2.45) is 0 Å². The van der Waals surface area contributed by atoms with Gasteiger partial charge in [-0.2, -0.15) is 0 Å². The molecule has 1 aliphatic rings. The topological polar surface area (TPSA) is 64.7 Å². The molecule has 1 heterocycles. The number of methoxy groups -OCH3 is 1. The summed E-state index contributed by atoms with van der Waals surface area (Å²) >= 11 is 0. The highest BCUT2D eigenvalue weighted by Gasteiger charge is 2.31. The predicted octanol–water partition coefficient (Wildman–Crippen LogP) is 4.61. The Kier molecular flexibility index (Phi) is 4.39. The zero-order valence-corrected chi connectivity index (χ0v) is 14.8. The van der Waals surface area contributed by atoms with Crippen LogP contribution in [0.3, 0.4) is 0 Å². The average Bonchev–Trinajstić information content (AvgIpc) is 3.41. The number of oxazole rings is 1. The highest BCUT2D eigenvalue weighted by Crippen LogP contribution is 2.44. The highest BCUT2D eigenvalue weighted by molar-refractivity contribution is 5.77. The van der Waals surface area contributed by atoms with Crippen molar-refractivity contribution in [3.8, 4) is 34.1 Å². The lowest BCUT2D eigenvalue weighted by molar-refractivity contribution is -0.000282. The number of benzene rings is 2. The number of aliphatic hydroxyl groups is 1. The molecule has 1 unspecified atom stereocenters. The lowest BCUT2D eigenvalue weighted by Crippen LogP contribution is -2.09. The van der Waals surface area contributed by atoms with Crippen LogP contribution in [0.15, 0.2) is 52.9 Å². The second-order valence-corrected chi connectivity index (χ2v) is 6.47. The molecule has 1 aliphatic carbocycles. The summed E-state index contributed by atoms with van der Waals surface area (Å²) in [6.07, 6.45) is 1.41. The number of hydrogen-bond donors (Lipinski definition) is 1. The first-order valence-electron chi connectivity index (χ1n) is 8.74. The number of hydrogen-bond acceptors (Lipinski definition) is 5. The Bertz CT molecular complexity index is 877. The van der Waals surface area contributed by atoms with Gasteiger partial charge in [0.15, 0.2) is 17.9 Å². The number of aliphatic hydroxyl groups excluding tert-OH is 1. The van der Waals surface area contributed by atoms with E-state index >= 15 is 0 Å². The van der Waals surface area contributed by atoms with Gasteiger partial charge in [-0.1, -0.05) is 0 Å². The monoisotopic (exact) mass is 351 g/mol. The molecule has 1 fully saturated rings. The van der Waals surface area contributed by atoms with Gasteiger partial charge in [0, 0.05) is 17.0 Å². The van der Waals surface area contributed by atoms with E-state index in [1.807, 2.05) is 48.5 Å². The van der Waals surface area contributed by atoms with Gasteiger partial charge in [0.2, 0.25) is 0 Å². The first kappa shape index (κ1) is 16.7. The molecule has 26 heavy (non-hydrogen) atoms. The fourth-order valence-corrected chi connectivity index (χ4v) is 2.86. The van der Waals surface area contributed by atoms with Gasteiger partial charge in [0.25, 0.3) is 0 Å². The smallest absolute Gasteiger partial charge is 0.198 e. The third-order valence-electron chi connectivity index (χ3n) is 4.36. The fraction of sp³-hybridized carbons (Fsp3) is 0.286. The lowest BCUT2D eigenvalue weighted by Gasteiger charge is -2.09. The summed E-state index contributed by atoms with van der Waals surface area (Å²) < 4.78 is 16.7. The minimum Gasteiger partial charge on any atom is -0.497 e. The molecule has 2 aromatic carbocycles. The third-order valence-corrected chi connectivity index (χ3v) is 4.36. The van der Waals surface area contributed by atoms with Crippen LogP contribution < -0.4 is 9.47 Å². The zero-order valence-electron chi connectivity index (χ0n) is 14.8. The largest absolute Gasteiger partial charge is 0.497 e. The zero-order chi connectivity index (χ0) is 18.1. The van der Waals surface area contributed by atoms with E-state index in [-0.39, 0.29) is 0 Å². The van der Waals surface area contributed by atoms with Crippen molar-refractivity contribution in [2.45, 2.75) is 32.0 Å². The molecule has 1 atom stereocenters. The maximum atomic E-state index is 9.34. The molecule has 0 spiro atoms. The van der Waals surface area contributed by atoms with E-state index in [9.17, 15) is 5.11 Å². The number of rotatable bonds is 6. The molecule has 0 aliphatic heterocycles. The molecule has 1 N–H and O–H groups in total. The van der Waals surface area contributed by atoms with E-state index in [1.54, 1.807) is 14.0 Å². The molecular formula is C21H21NO4. The quantitative estimate of drug-likeness (QED) is 0.657. The summed E-state index contributed by atoms with van der Waals surface area (Å²) in [6.45, 7) is 1.58. The van der Waals surface area contributed by atoms with Crippen molar-refractivity contribution in [3.05, 3.63) is 54.4 Å². The average molecular weight is 351 g/mol. The van der Waals surface area contributed by atoms with Crippen LogP contribution >= 0.6 is 0 Å². The number of aromatic nitrogens is 1. The summed E-state index contributed by atoms with van der Waals surface area (Å²) in [5.41, 5.74) is 2.74. The van der Waals surface area contributed by atoms with E-state index in [2.05, 4.69) is 0 Å². The molecule has 3 aromatic rings. The van der Waals surface area contributed by atoms with Gasteiger partial charge in [-0.05, 0) is 68.3 Å². The Morgan fingerprint density at radius 2 is 1.62 bits per heavy atom. The van der Waals surface area contributed by atoms with Gasteiger partial charge in [-0.25, -0.2) is 4.98 Å². The molecule has 1 aromatic heterocycles. The van der Waals surface area contributed by atoms with Crippen molar-refractivity contribution >= 4 is 0 Å². The molecule has 0 radical (unpaired) electrons. The molecule has 5 heteroatoms. The van der Waals surface area contributed by atoms with Gasteiger partial charge in [-0.3, -0.25) is 0 Å². The Labute approximate surface area is 152 Å².